The minimum absolute atomic E-state index is 0.150. The summed E-state index contributed by atoms with van der Waals surface area (Å²) in [6, 6.07) is 5.36. The quantitative estimate of drug-likeness (QED) is 0.858. The van der Waals surface area contributed by atoms with Gasteiger partial charge in [0.1, 0.15) is 5.69 Å². The Morgan fingerprint density at radius 2 is 2.33 bits per heavy atom. The van der Waals surface area contributed by atoms with Gasteiger partial charge in [-0.3, -0.25) is 9.48 Å². The van der Waals surface area contributed by atoms with Crippen LogP contribution in [0.1, 0.15) is 16.9 Å². The molecule has 2 aromatic rings. The molecular weight excluding hydrogens is 296 g/mol. The average molecular weight is 309 g/mol. The van der Waals surface area contributed by atoms with Crippen molar-refractivity contribution in [2.75, 3.05) is 6.54 Å². The van der Waals surface area contributed by atoms with Crippen molar-refractivity contribution in [3.63, 3.8) is 0 Å². The van der Waals surface area contributed by atoms with Crippen LogP contribution in [0, 0.1) is 0 Å². The fourth-order valence-corrected chi connectivity index (χ4v) is 1.71. The number of amides is 1. The molecule has 94 valence electrons. The van der Waals surface area contributed by atoms with Gasteiger partial charge < -0.3 is 5.32 Å². The van der Waals surface area contributed by atoms with E-state index in [0.717, 1.165) is 17.4 Å². The van der Waals surface area contributed by atoms with Crippen molar-refractivity contribution >= 4 is 21.8 Å². The van der Waals surface area contributed by atoms with Gasteiger partial charge in [-0.2, -0.15) is 5.10 Å². The minimum Gasteiger partial charge on any atom is -0.351 e. The zero-order valence-electron chi connectivity index (χ0n) is 9.71. The highest BCUT2D eigenvalue weighted by Gasteiger charge is 2.05. The van der Waals surface area contributed by atoms with E-state index in [2.05, 4.69) is 31.3 Å². The Balaban J connectivity index is 1.73. The molecule has 0 saturated carbocycles. The van der Waals surface area contributed by atoms with Crippen LogP contribution in [0.2, 0.25) is 0 Å². The first kappa shape index (κ1) is 12.8. The van der Waals surface area contributed by atoms with Crippen molar-refractivity contribution in [3.05, 3.63) is 47.0 Å². The summed E-state index contributed by atoms with van der Waals surface area (Å²) in [7, 11) is 0. The third-order valence-electron chi connectivity index (χ3n) is 2.37. The Kier molecular flexibility index (Phi) is 4.46. The molecule has 0 spiro atoms. The lowest BCUT2D eigenvalue weighted by atomic mass is 10.3. The van der Waals surface area contributed by atoms with Crippen molar-refractivity contribution in [3.8, 4) is 0 Å². The van der Waals surface area contributed by atoms with Crippen LogP contribution in [0.25, 0.3) is 0 Å². The summed E-state index contributed by atoms with van der Waals surface area (Å²) in [6.07, 6.45) is 6.09. The molecular formula is C12H13BrN4O. The third kappa shape index (κ3) is 3.66. The molecule has 0 saturated heterocycles. The van der Waals surface area contributed by atoms with E-state index in [0.29, 0.717) is 12.2 Å². The Bertz CT molecular complexity index is 495. The second kappa shape index (κ2) is 6.30. The Hall–Kier alpha value is -1.69. The number of halogens is 1. The normalized spacial score (nSPS) is 10.3. The molecule has 0 atom stereocenters. The molecule has 1 N–H and O–H groups in total. The second-order valence-corrected chi connectivity index (χ2v) is 4.66. The van der Waals surface area contributed by atoms with Crippen LogP contribution in [0.5, 0.6) is 0 Å². The number of nitrogens with one attached hydrogen (secondary N) is 1. The maximum atomic E-state index is 11.7. The molecule has 2 heterocycles. The summed E-state index contributed by atoms with van der Waals surface area (Å²) in [4.78, 5) is 15.7. The predicted molar refractivity (Wildman–Crippen MR) is 71.1 cm³/mol. The maximum absolute atomic E-state index is 11.7. The fourth-order valence-electron chi connectivity index (χ4n) is 1.48. The summed E-state index contributed by atoms with van der Waals surface area (Å²) in [5, 5.41) is 6.91. The van der Waals surface area contributed by atoms with Gasteiger partial charge in [0, 0.05) is 36.2 Å². The van der Waals surface area contributed by atoms with Gasteiger partial charge in [-0.1, -0.05) is 0 Å². The summed E-state index contributed by atoms with van der Waals surface area (Å²) in [6.45, 7) is 1.40. The molecule has 1 amide bonds. The SMILES string of the molecule is O=C(NCCCn1cccn1)c1ccc(Br)cn1. The van der Waals surface area contributed by atoms with Crippen LogP contribution in [0.15, 0.2) is 41.3 Å². The molecule has 0 aromatic carbocycles. The number of rotatable bonds is 5. The molecule has 2 rings (SSSR count). The first-order valence-corrected chi connectivity index (χ1v) is 6.42. The van der Waals surface area contributed by atoms with Crippen LogP contribution in [-0.4, -0.2) is 27.2 Å². The topological polar surface area (TPSA) is 59.8 Å². The molecule has 0 radical (unpaired) electrons. The van der Waals surface area contributed by atoms with E-state index < -0.39 is 0 Å². The standard InChI is InChI=1S/C12H13BrN4O/c13-10-3-4-11(15-9-10)12(18)14-5-1-7-17-8-2-6-16-17/h2-4,6,8-9H,1,5,7H2,(H,14,18). The Labute approximate surface area is 113 Å². The molecule has 0 aliphatic heterocycles. The van der Waals surface area contributed by atoms with Gasteiger partial charge in [0.25, 0.3) is 5.91 Å². The first-order valence-electron chi connectivity index (χ1n) is 5.63. The number of nitrogens with zero attached hydrogens (tertiary/aromatic N) is 3. The molecule has 0 fully saturated rings. The lowest BCUT2D eigenvalue weighted by Gasteiger charge is -2.05. The summed E-state index contributed by atoms with van der Waals surface area (Å²) in [5.74, 6) is -0.150. The van der Waals surface area contributed by atoms with Crippen LogP contribution in [-0.2, 0) is 6.54 Å². The van der Waals surface area contributed by atoms with Crippen molar-refractivity contribution in [2.45, 2.75) is 13.0 Å². The van der Waals surface area contributed by atoms with Gasteiger partial charge in [-0.05, 0) is 40.5 Å². The largest absolute Gasteiger partial charge is 0.351 e. The zero-order chi connectivity index (χ0) is 12.8. The first-order chi connectivity index (χ1) is 8.75. The van der Waals surface area contributed by atoms with Gasteiger partial charge in [0.15, 0.2) is 0 Å². The van der Waals surface area contributed by atoms with Crippen LogP contribution >= 0.6 is 15.9 Å². The van der Waals surface area contributed by atoms with E-state index in [4.69, 9.17) is 0 Å². The van der Waals surface area contributed by atoms with Gasteiger partial charge in [0.05, 0.1) is 0 Å². The number of hydrogen-bond acceptors (Lipinski definition) is 3. The summed E-state index contributed by atoms with van der Waals surface area (Å²) >= 11 is 3.28. The lowest BCUT2D eigenvalue weighted by Crippen LogP contribution is -2.26. The molecule has 0 aliphatic carbocycles. The number of aromatic nitrogens is 3. The molecule has 0 bridgehead atoms. The highest BCUT2D eigenvalue weighted by Crippen LogP contribution is 2.07. The highest BCUT2D eigenvalue weighted by molar-refractivity contribution is 9.10. The van der Waals surface area contributed by atoms with Crippen molar-refractivity contribution < 1.29 is 4.79 Å². The molecule has 18 heavy (non-hydrogen) atoms. The summed E-state index contributed by atoms with van der Waals surface area (Å²) in [5.41, 5.74) is 0.428. The number of carbonyl (C=O) groups excluding carboxylic acids is 1. The average Bonchev–Trinajstić information content (AvgIpc) is 2.88. The van der Waals surface area contributed by atoms with E-state index in [1.165, 1.54) is 0 Å². The number of aryl methyl sites for hydroxylation is 1. The molecule has 0 aliphatic rings. The van der Waals surface area contributed by atoms with E-state index in [1.807, 2.05) is 16.9 Å². The number of hydrogen-bond donors (Lipinski definition) is 1. The van der Waals surface area contributed by atoms with Gasteiger partial charge >= 0.3 is 0 Å². The maximum Gasteiger partial charge on any atom is 0.269 e. The zero-order valence-corrected chi connectivity index (χ0v) is 11.3. The van der Waals surface area contributed by atoms with Gasteiger partial charge in [-0.15, -0.1) is 0 Å². The van der Waals surface area contributed by atoms with Crippen molar-refractivity contribution in [1.82, 2.24) is 20.1 Å². The number of pyridine rings is 1. The van der Waals surface area contributed by atoms with E-state index in [-0.39, 0.29) is 5.91 Å². The second-order valence-electron chi connectivity index (χ2n) is 3.74. The lowest BCUT2D eigenvalue weighted by molar-refractivity contribution is 0.0947. The van der Waals surface area contributed by atoms with Crippen molar-refractivity contribution in [1.29, 1.82) is 0 Å². The number of carbonyl (C=O) groups is 1. The fraction of sp³-hybridized carbons (Fsp3) is 0.250. The van der Waals surface area contributed by atoms with E-state index >= 15 is 0 Å². The van der Waals surface area contributed by atoms with Gasteiger partial charge in [0.2, 0.25) is 0 Å². The monoisotopic (exact) mass is 308 g/mol. The van der Waals surface area contributed by atoms with E-state index in [9.17, 15) is 4.79 Å². The van der Waals surface area contributed by atoms with Crippen LogP contribution in [0.4, 0.5) is 0 Å². The third-order valence-corrected chi connectivity index (χ3v) is 2.84. The Morgan fingerprint density at radius 1 is 1.44 bits per heavy atom. The van der Waals surface area contributed by atoms with Gasteiger partial charge in [-0.25, -0.2) is 4.98 Å². The van der Waals surface area contributed by atoms with Crippen LogP contribution in [0.3, 0.4) is 0 Å². The highest BCUT2D eigenvalue weighted by atomic mass is 79.9. The van der Waals surface area contributed by atoms with Crippen molar-refractivity contribution in [2.24, 2.45) is 0 Å². The van der Waals surface area contributed by atoms with E-state index in [1.54, 1.807) is 24.5 Å². The predicted octanol–water partition coefficient (Wildman–Crippen LogP) is 1.86. The smallest absolute Gasteiger partial charge is 0.269 e. The molecule has 0 unspecified atom stereocenters. The molecule has 6 heteroatoms. The molecule has 2 aromatic heterocycles. The molecule has 5 nitrogen and oxygen atoms in total. The Morgan fingerprint density at radius 3 is 3.00 bits per heavy atom. The minimum atomic E-state index is -0.150. The van der Waals surface area contributed by atoms with Crippen LogP contribution < -0.4 is 5.32 Å². The summed E-state index contributed by atoms with van der Waals surface area (Å²) < 4.78 is 2.70.